The molecule has 0 saturated heterocycles. The molecular weight excluding hydrogens is 359 g/mol. The number of nitrogens with one attached hydrogen (secondary N) is 1. The predicted octanol–water partition coefficient (Wildman–Crippen LogP) is 4.72. The van der Waals surface area contributed by atoms with Gasteiger partial charge in [0.25, 0.3) is 5.91 Å². The van der Waals surface area contributed by atoms with E-state index in [1.807, 2.05) is 0 Å². The molecule has 3 rings (SSSR count). The van der Waals surface area contributed by atoms with Crippen molar-refractivity contribution >= 4 is 34.2 Å². The third kappa shape index (κ3) is 3.66. The fourth-order valence-corrected chi connectivity index (χ4v) is 2.46. The van der Waals surface area contributed by atoms with Crippen LogP contribution in [0.4, 0.5) is 18.9 Å². The van der Waals surface area contributed by atoms with Crippen molar-refractivity contribution in [2.45, 2.75) is 6.18 Å². The lowest BCUT2D eigenvalue weighted by Crippen LogP contribution is -2.14. The predicted molar refractivity (Wildman–Crippen MR) is 86.9 cm³/mol. The number of amides is 1. The summed E-state index contributed by atoms with van der Waals surface area (Å²) in [6, 6.07) is 10.2. The molecular formula is C17H9ClF3NO3. The van der Waals surface area contributed by atoms with Crippen LogP contribution < -0.4 is 10.9 Å². The monoisotopic (exact) mass is 367 g/mol. The third-order valence-electron chi connectivity index (χ3n) is 3.41. The van der Waals surface area contributed by atoms with Gasteiger partial charge in [-0.05, 0) is 42.5 Å². The van der Waals surface area contributed by atoms with Crippen molar-refractivity contribution in [3.63, 3.8) is 0 Å². The highest BCUT2D eigenvalue weighted by molar-refractivity contribution is 6.31. The Hall–Kier alpha value is -2.80. The minimum absolute atomic E-state index is 0.184. The number of benzene rings is 2. The van der Waals surface area contributed by atoms with Crippen molar-refractivity contribution in [1.82, 2.24) is 0 Å². The zero-order valence-corrected chi connectivity index (χ0v) is 13.1. The van der Waals surface area contributed by atoms with Crippen LogP contribution in [0.2, 0.25) is 5.02 Å². The van der Waals surface area contributed by atoms with Crippen molar-refractivity contribution in [3.8, 4) is 0 Å². The van der Waals surface area contributed by atoms with Crippen molar-refractivity contribution in [2.75, 3.05) is 5.32 Å². The van der Waals surface area contributed by atoms with Gasteiger partial charge in [0.1, 0.15) is 5.58 Å². The molecule has 0 radical (unpaired) electrons. The van der Waals surface area contributed by atoms with E-state index in [1.165, 1.54) is 36.4 Å². The summed E-state index contributed by atoms with van der Waals surface area (Å²) >= 11 is 5.54. The molecule has 1 N–H and O–H groups in total. The van der Waals surface area contributed by atoms with Gasteiger partial charge in [0, 0.05) is 22.7 Å². The van der Waals surface area contributed by atoms with Crippen LogP contribution in [0.25, 0.3) is 11.0 Å². The van der Waals surface area contributed by atoms with E-state index in [9.17, 15) is 22.8 Å². The van der Waals surface area contributed by atoms with Crippen LogP contribution in [-0.4, -0.2) is 5.91 Å². The summed E-state index contributed by atoms with van der Waals surface area (Å²) in [5.41, 5.74) is -1.10. The fourth-order valence-electron chi connectivity index (χ4n) is 2.24. The highest BCUT2D eigenvalue weighted by Gasteiger charge is 2.33. The molecule has 1 heterocycles. The van der Waals surface area contributed by atoms with E-state index >= 15 is 0 Å². The summed E-state index contributed by atoms with van der Waals surface area (Å²) < 4.78 is 43.6. The molecule has 0 spiro atoms. The minimum atomic E-state index is -4.66. The highest BCUT2D eigenvalue weighted by atomic mass is 35.5. The van der Waals surface area contributed by atoms with Crippen LogP contribution in [0, 0.1) is 0 Å². The van der Waals surface area contributed by atoms with Crippen molar-refractivity contribution in [1.29, 1.82) is 0 Å². The summed E-state index contributed by atoms with van der Waals surface area (Å²) in [6.07, 6.45) is -4.66. The number of hydrogen-bond donors (Lipinski definition) is 1. The molecule has 0 aliphatic heterocycles. The lowest BCUT2D eigenvalue weighted by atomic mass is 10.1. The molecule has 4 nitrogen and oxygen atoms in total. The van der Waals surface area contributed by atoms with E-state index in [0.29, 0.717) is 22.7 Å². The number of carbonyl (C=O) groups is 1. The number of rotatable bonds is 2. The summed E-state index contributed by atoms with van der Waals surface area (Å²) in [6.45, 7) is 0. The SMILES string of the molecule is O=C(Nc1ccc2oc(=O)ccc2c1)c1ccc(Cl)c(C(F)(F)F)c1. The van der Waals surface area contributed by atoms with Gasteiger partial charge in [-0.3, -0.25) is 4.79 Å². The smallest absolute Gasteiger partial charge is 0.417 e. The van der Waals surface area contributed by atoms with Gasteiger partial charge in [-0.15, -0.1) is 0 Å². The zero-order chi connectivity index (χ0) is 18.2. The molecule has 0 unspecified atom stereocenters. The van der Waals surface area contributed by atoms with Gasteiger partial charge in [0.15, 0.2) is 0 Å². The second-order valence-corrected chi connectivity index (χ2v) is 5.56. The molecule has 0 bridgehead atoms. The van der Waals surface area contributed by atoms with E-state index in [2.05, 4.69) is 5.32 Å². The molecule has 0 aliphatic carbocycles. The summed E-state index contributed by atoms with van der Waals surface area (Å²) in [5.74, 6) is -0.723. The Morgan fingerprint density at radius 1 is 1.04 bits per heavy atom. The molecule has 1 aromatic heterocycles. The maximum atomic E-state index is 12.9. The van der Waals surface area contributed by atoms with Crippen LogP contribution >= 0.6 is 11.6 Å². The van der Waals surface area contributed by atoms with E-state index in [1.54, 1.807) is 0 Å². The number of anilines is 1. The first-order valence-electron chi connectivity index (χ1n) is 6.96. The van der Waals surface area contributed by atoms with Crippen molar-refractivity contribution < 1.29 is 22.4 Å². The molecule has 25 heavy (non-hydrogen) atoms. The Morgan fingerprint density at radius 3 is 2.52 bits per heavy atom. The van der Waals surface area contributed by atoms with Gasteiger partial charge in [0.05, 0.1) is 10.6 Å². The molecule has 0 fully saturated rings. The minimum Gasteiger partial charge on any atom is -0.423 e. The highest BCUT2D eigenvalue weighted by Crippen LogP contribution is 2.35. The van der Waals surface area contributed by atoms with E-state index < -0.39 is 28.3 Å². The maximum absolute atomic E-state index is 12.9. The lowest BCUT2D eigenvalue weighted by Gasteiger charge is -2.11. The number of alkyl halides is 3. The topological polar surface area (TPSA) is 59.3 Å². The average Bonchev–Trinajstić information content (AvgIpc) is 2.54. The summed E-state index contributed by atoms with van der Waals surface area (Å²) in [4.78, 5) is 23.3. The van der Waals surface area contributed by atoms with Gasteiger partial charge in [-0.25, -0.2) is 4.79 Å². The number of fused-ring (bicyclic) bond motifs is 1. The molecule has 3 aromatic rings. The second-order valence-electron chi connectivity index (χ2n) is 5.15. The molecule has 0 atom stereocenters. The Labute approximate surface area is 143 Å². The van der Waals surface area contributed by atoms with E-state index in [0.717, 1.165) is 6.07 Å². The standard InChI is InChI=1S/C17H9ClF3NO3/c18-13-4-1-10(8-12(13)17(19,20)21)16(24)22-11-3-5-14-9(7-11)2-6-15(23)25-14/h1-8H,(H,22,24). The normalized spacial score (nSPS) is 11.5. The Morgan fingerprint density at radius 2 is 1.80 bits per heavy atom. The van der Waals surface area contributed by atoms with Gasteiger partial charge < -0.3 is 9.73 Å². The quantitative estimate of drug-likeness (QED) is 0.667. The van der Waals surface area contributed by atoms with Crippen molar-refractivity contribution in [2.24, 2.45) is 0 Å². The number of carbonyl (C=O) groups excluding carboxylic acids is 1. The first kappa shape index (κ1) is 17.0. The first-order chi connectivity index (χ1) is 11.7. The van der Waals surface area contributed by atoms with Crippen LogP contribution in [0.1, 0.15) is 15.9 Å². The second kappa shape index (κ2) is 6.25. The zero-order valence-electron chi connectivity index (χ0n) is 12.4. The summed E-state index contributed by atoms with van der Waals surface area (Å²) in [5, 5.41) is 2.57. The first-order valence-corrected chi connectivity index (χ1v) is 7.34. The van der Waals surface area contributed by atoms with E-state index in [-0.39, 0.29) is 5.56 Å². The van der Waals surface area contributed by atoms with Crippen LogP contribution in [-0.2, 0) is 6.18 Å². The van der Waals surface area contributed by atoms with Gasteiger partial charge in [0.2, 0.25) is 0 Å². The Balaban J connectivity index is 1.90. The van der Waals surface area contributed by atoms with Gasteiger partial charge in [-0.1, -0.05) is 11.6 Å². The maximum Gasteiger partial charge on any atom is 0.417 e. The van der Waals surface area contributed by atoms with Crippen LogP contribution in [0.15, 0.2) is 57.7 Å². The molecule has 0 aliphatic rings. The van der Waals surface area contributed by atoms with Gasteiger partial charge in [-0.2, -0.15) is 13.2 Å². The van der Waals surface area contributed by atoms with E-state index in [4.69, 9.17) is 16.0 Å². The largest absolute Gasteiger partial charge is 0.423 e. The number of hydrogen-bond acceptors (Lipinski definition) is 3. The third-order valence-corrected chi connectivity index (χ3v) is 3.74. The molecule has 0 saturated carbocycles. The molecule has 1 amide bonds. The van der Waals surface area contributed by atoms with Crippen molar-refractivity contribution in [3.05, 3.63) is 75.1 Å². The van der Waals surface area contributed by atoms with Gasteiger partial charge >= 0.3 is 11.8 Å². The Kier molecular flexibility index (Phi) is 4.26. The molecule has 128 valence electrons. The van der Waals surface area contributed by atoms with Crippen LogP contribution in [0.3, 0.4) is 0 Å². The Bertz CT molecular complexity index is 1030. The lowest BCUT2D eigenvalue weighted by molar-refractivity contribution is -0.137. The fraction of sp³-hybridized carbons (Fsp3) is 0.0588. The average molecular weight is 368 g/mol. The molecule has 8 heteroatoms. The number of halogens is 4. The van der Waals surface area contributed by atoms with Crippen LogP contribution in [0.5, 0.6) is 0 Å². The summed E-state index contributed by atoms with van der Waals surface area (Å²) in [7, 11) is 0. The molecule has 2 aromatic carbocycles.